The lowest BCUT2D eigenvalue weighted by atomic mass is 9.67. The molecule has 1 aliphatic carbocycles. The van der Waals surface area contributed by atoms with E-state index in [0.717, 1.165) is 18.6 Å². The molecule has 0 aromatic rings. The molecule has 2 rings (SSSR count). The van der Waals surface area contributed by atoms with Crippen LogP contribution in [-0.2, 0) is 4.74 Å². The zero-order valence-electron chi connectivity index (χ0n) is 6.44. The average molecular weight is 128 g/mol. The van der Waals surface area contributed by atoms with Crippen LogP contribution in [0.4, 0.5) is 0 Å². The first-order valence-electron chi connectivity index (χ1n) is 3.99. The minimum atomic E-state index is 0.722. The van der Waals surface area contributed by atoms with Crippen molar-refractivity contribution in [3.8, 4) is 0 Å². The molecule has 0 amide bonds. The van der Waals surface area contributed by atoms with Crippen LogP contribution in [0.15, 0.2) is 0 Å². The quantitative estimate of drug-likeness (QED) is 0.486. The summed E-state index contributed by atoms with van der Waals surface area (Å²) < 4.78 is 5.08. The molecule has 0 aromatic carbocycles. The standard InChI is InChI=1S/C6H10O.C2H6/c1-2-6(3-1)4-7-5-6;1-2/h1-5H2;1-2H3. The van der Waals surface area contributed by atoms with Gasteiger partial charge in [-0.3, -0.25) is 0 Å². The fourth-order valence-electron chi connectivity index (χ4n) is 1.36. The van der Waals surface area contributed by atoms with Crippen molar-refractivity contribution in [2.45, 2.75) is 33.1 Å². The largest absolute Gasteiger partial charge is 0.380 e. The van der Waals surface area contributed by atoms with Gasteiger partial charge in [-0.2, -0.15) is 0 Å². The van der Waals surface area contributed by atoms with Crippen molar-refractivity contribution in [2.24, 2.45) is 5.41 Å². The van der Waals surface area contributed by atoms with Gasteiger partial charge in [-0.25, -0.2) is 0 Å². The van der Waals surface area contributed by atoms with Crippen molar-refractivity contribution in [2.75, 3.05) is 13.2 Å². The summed E-state index contributed by atoms with van der Waals surface area (Å²) in [5, 5.41) is 0. The minimum Gasteiger partial charge on any atom is -0.380 e. The van der Waals surface area contributed by atoms with Crippen molar-refractivity contribution in [3.05, 3.63) is 0 Å². The second-order valence-corrected chi connectivity index (χ2v) is 2.85. The third-order valence-electron chi connectivity index (χ3n) is 2.23. The number of ether oxygens (including phenoxy) is 1. The topological polar surface area (TPSA) is 9.23 Å². The van der Waals surface area contributed by atoms with E-state index in [0.29, 0.717) is 0 Å². The second-order valence-electron chi connectivity index (χ2n) is 2.85. The van der Waals surface area contributed by atoms with Crippen molar-refractivity contribution in [3.63, 3.8) is 0 Å². The molecular formula is C8H16O. The summed E-state index contributed by atoms with van der Waals surface area (Å²) in [7, 11) is 0. The van der Waals surface area contributed by atoms with Crippen LogP contribution in [0.5, 0.6) is 0 Å². The van der Waals surface area contributed by atoms with Gasteiger partial charge in [0.05, 0.1) is 13.2 Å². The fourth-order valence-corrected chi connectivity index (χ4v) is 1.36. The molecule has 2 aliphatic rings. The van der Waals surface area contributed by atoms with Crippen LogP contribution in [-0.4, -0.2) is 13.2 Å². The molecule has 54 valence electrons. The Morgan fingerprint density at radius 1 is 1.11 bits per heavy atom. The van der Waals surface area contributed by atoms with Crippen LogP contribution in [0.1, 0.15) is 33.1 Å². The van der Waals surface area contributed by atoms with Crippen molar-refractivity contribution < 1.29 is 4.74 Å². The van der Waals surface area contributed by atoms with E-state index < -0.39 is 0 Å². The van der Waals surface area contributed by atoms with Crippen LogP contribution in [0.3, 0.4) is 0 Å². The molecule has 1 spiro atoms. The van der Waals surface area contributed by atoms with Gasteiger partial charge >= 0.3 is 0 Å². The fraction of sp³-hybridized carbons (Fsp3) is 1.00. The Morgan fingerprint density at radius 2 is 1.67 bits per heavy atom. The molecule has 1 saturated heterocycles. The van der Waals surface area contributed by atoms with E-state index in [1.807, 2.05) is 13.8 Å². The van der Waals surface area contributed by atoms with Gasteiger partial charge in [-0.15, -0.1) is 0 Å². The Kier molecular flexibility index (Phi) is 2.12. The van der Waals surface area contributed by atoms with E-state index in [4.69, 9.17) is 4.74 Å². The first-order valence-corrected chi connectivity index (χ1v) is 3.99. The highest BCUT2D eigenvalue weighted by atomic mass is 16.5. The zero-order valence-corrected chi connectivity index (χ0v) is 6.44. The summed E-state index contributed by atoms with van der Waals surface area (Å²) in [4.78, 5) is 0. The summed E-state index contributed by atoms with van der Waals surface area (Å²) in [6, 6.07) is 0. The lowest BCUT2D eigenvalue weighted by Crippen LogP contribution is -2.47. The second kappa shape index (κ2) is 2.70. The highest BCUT2D eigenvalue weighted by Crippen LogP contribution is 2.46. The van der Waals surface area contributed by atoms with E-state index in [9.17, 15) is 0 Å². The average Bonchev–Trinajstić information content (AvgIpc) is 1.63. The zero-order chi connectivity index (χ0) is 6.74. The minimum absolute atomic E-state index is 0.722. The van der Waals surface area contributed by atoms with Gasteiger partial charge in [0.15, 0.2) is 0 Å². The van der Waals surface area contributed by atoms with Gasteiger partial charge in [0.2, 0.25) is 0 Å². The molecule has 0 unspecified atom stereocenters. The maximum Gasteiger partial charge on any atom is 0.0544 e. The van der Waals surface area contributed by atoms with Gasteiger partial charge < -0.3 is 4.74 Å². The first-order chi connectivity index (χ1) is 4.41. The van der Waals surface area contributed by atoms with E-state index in [1.54, 1.807) is 0 Å². The predicted octanol–water partition coefficient (Wildman–Crippen LogP) is 2.21. The summed E-state index contributed by atoms with van der Waals surface area (Å²) in [5.74, 6) is 0. The number of hydrogen-bond acceptors (Lipinski definition) is 1. The summed E-state index contributed by atoms with van der Waals surface area (Å²) in [6.07, 6.45) is 4.32. The van der Waals surface area contributed by atoms with Crippen molar-refractivity contribution in [1.29, 1.82) is 0 Å². The highest BCUT2D eigenvalue weighted by molar-refractivity contribution is 4.92. The van der Waals surface area contributed by atoms with E-state index >= 15 is 0 Å². The maximum atomic E-state index is 5.08. The summed E-state index contributed by atoms with van der Waals surface area (Å²) in [5.41, 5.74) is 0.722. The SMILES string of the molecule is C1CC2(C1)COC2.CC. The van der Waals surface area contributed by atoms with Crippen LogP contribution >= 0.6 is 0 Å². The Balaban J connectivity index is 0.000000186. The Labute approximate surface area is 57.4 Å². The normalized spacial score (nSPS) is 27.3. The molecule has 9 heavy (non-hydrogen) atoms. The molecular weight excluding hydrogens is 112 g/mol. The van der Waals surface area contributed by atoms with Gasteiger partial charge in [-0.1, -0.05) is 20.3 Å². The molecule has 0 aromatic heterocycles. The summed E-state index contributed by atoms with van der Waals surface area (Å²) in [6.45, 7) is 6.12. The van der Waals surface area contributed by atoms with Crippen molar-refractivity contribution >= 4 is 0 Å². The Morgan fingerprint density at radius 3 is 1.67 bits per heavy atom. The smallest absolute Gasteiger partial charge is 0.0544 e. The van der Waals surface area contributed by atoms with Crippen LogP contribution in [0.25, 0.3) is 0 Å². The molecule has 1 heteroatoms. The molecule has 1 heterocycles. The van der Waals surface area contributed by atoms with Gasteiger partial charge in [0, 0.05) is 5.41 Å². The number of hydrogen-bond donors (Lipinski definition) is 0. The molecule has 1 nitrogen and oxygen atoms in total. The molecule has 1 saturated carbocycles. The number of rotatable bonds is 0. The van der Waals surface area contributed by atoms with E-state index in [1.165, 1.54) is 19.3 Å². The Hall–Kier alpha value is -0.0400. The Bertz CT molecular complexity index is 65.1. The van der Waals surface area contributed by atoms with Gasteiger partial charge in [-0.05, 0) is 12.8 Å². The van der Waals surface area contributed by atoms with Crippen LogP contribution < -0.4 is 0 Å². The third kappa shape index (κ3) is 1.11. The molecule has 0 N–H and O–H groups in total. The van der Waals surface area contributed by atoms with Crippen LogP contribution in [0.2, 0.25) is 0 Å². The van der Waals surface area contributed by atoms with E-state index in [2.05, 4.69) is 0 Å². The van der Waals surface area contributed by atoms with Gasteiger partial charge in [0.25, 0.3) is 0 Å². The molecule has 2 fully saturated rings. The van der Waals surface area contributed by atoms with E-state index in [-0.39, 0.29) is 0 Å². The van der Waals surface area contributed by atoms with Crippen LogP contribution in [0, 0.1) is 5.41 Å². The highest BCUT2D eigenvalue weighted by Gasteiger charge is 2.43. The van der Waals surface area contributed by atoms with Crippen molar-refractivity contribution in [1.82, 2.24) is 0 Å². The van der Waals surface area contributed by atoms with Gasteiger partial charge in [0.1, 0.15) is 0 Å². The molecule has 0 bridgehead atoms. The summed E-state index contributed by atoms with van der Waals surface area (Å²) >= 11 is 0. The molecule has 0 radical (unpaired) electrons. The monoisotopic (exact) mass is 128 g/mol. The molecule has 1 aliphatic heterocycles. The third-order valence-corrected chi connectivity index (χ3v) is 2.23. The first kappa shape index (κ1) is 7.07. The molecule has 0 atom stereocenters. The lowest BCUT2D eigenvalue weighted by molar-refractivity contribution is -0.155. The predicted molar refractivity (Wildman–Crippen MR) is 38.5 cm³/mol. The maximum absolute atomic E-state index is 5.08. The lowest BCUT2D eigenvalue weighted by Gasteiger charge is -2.48.